The lowest BCUT2D eigenvalue weighted by Crippen LogP contribution is -2.22. The zero-order valence-electron chi connectivity index (χ0n) is 8.63. The molecule has 0 saturated carbocycles. The van der Waals surface area contributed by atoms with Gasteiger partial charge in [-0.2, -0.15) is 0 Å². The van der Waals surface area contributed by atoms with E-state index < -0.39 is 0 Å². The summed E-state index contributed by atoms with van der Waals surface area (Å²) >= 11 is 5.65. The topological polar surface area (TPSA) is 24.9 Å². The van der Waals surface area contributed by atoms with Crippen molar-refractivity contribution in [3.8, 4) is 0 Å². The molecular formula is C11H14ClFN2. The molecule has 0 aromatic carbocycles. The molecule has 0 amide bonds. The molecule has 1 N–H and O–H groups in total. The van der Waals surface area contributed by atoms with Gasteiger partial charge in [-0.3, -0.25) is 4.98 Å². The highest BCUT2D eigenvalue weighted by molar-refractivity contribution is 6.29. The average molecular weight is 229 g/mol. The van der Waals surface area contributed by atoms with E-state index in [1.165, 1.54) is 12.3 Å². The van der Waals surface area contributed by atoms with Gasteiger partial charge < -0.3 is 5.32 Å². The smallest absolute Gasteiger partial charge is 0.141 e. The van der Waals surface area contributed by atoms with Gasteiger partial charge in [0.2, 0.25) is 0 Å². The van der Waals surface area contributed by atoms with Crippen molar-refractivity contribution in [1.29, 1.82) is 0 Å². The van der Waals surface area contributed by atoms with E-state index in [2.05, 4.69) is 16.9 Å². The summed E-state index contributed by atoms with van der Waals surface area (Å²) in [6, 6.07) is 3.16. The lowest BCUT2D eigenvalue weighted by Gasteiger charge is -2.15. The summed E-state index contributed by atoms with van der Waals surface area (Å²) in [7, 11) is 0. The van der Waals surface area contributed by atoms with E-state index in [-0.39, 0.29) is 11.9 Å². The minimum atomic E-state index is -0.324. The Labute approximate surface area is 94.2 Å². The molecule has 0 bridgehead atoms. The summed E-state index contributed by atoms with van der Waals surface area (Å²) in [5, 5.41) is 3.74. The number of nitrogens with one attached hydrogen (secondary N) is 1. The van der Waals surface area contributed by atoms with Crippen LogP contribution in [0.5, 0.6) is 0 Å². The highest BCUT2D eigenvalue weighted by Gasteiger charge is 2.09. The normalized spacial score (nSPS) is 12.5. The minimum Gasteiger partial charge on any atom is -0.304 e. The highest BCUT2D eigenvalue weighted by Crippen LogP contribution is 2.14. The van der Waals surface area contributed by atoms with Gasteiger partial charge in [-0.15, -0.1) is 0 Å². The number of rotatable bonds is 5. The summed E-state index contributed by atoms with van der Waals surface area (Å²) in [4.78, 5) is 4.02. The summed E-state index contributed by atoms with van der Waals surface area (Å²) in [6.07, 6.45) is 2.08. The second-order valence-electron chi connectivity index (χ2n) is 3.26. The second-order valence-corrected chi connectivity index (χ2v) is 3.79. The molecule has 0 saturated heterocycles. The lowest BCUT2D eigenvalue weighted by molar-refractivity contribution is 0.531. The van der Waals surface area contributed by atoms with Gasteiger partial charge in [0.1, 0.15) is 5.82 Å². The van der Waals surface area contributed by atoms with Gasteiger partial charge in [-0.1, -0.05) is 25.1 Å². The summed E-state index contributed by atoms with van der Waals surface area (Å²) < 4.78 is 12.6. The van der Waals surface area contributed by atoms with Gasteiger partial charge in [-0.05, 0) is 18.6 Å². The van der Waals surface area contributed by atoms with Crippen LogP contribution in [0.2, 0.25) is 0 Å². The van der Waals surface area contributed by atoms with Crippen molar-refractivity contribution in [3.63, 3.8) is 0 Å². The number of hydrogen-bond acceptors (Lipinski definition) is 2. The van der Waals surface area contributed by atoms with Crippen molar-refractivity contribution >= 4 is 11.6 Å². The number of halogens is 2. The number of nitrogens with zero attached hydrogens (tertiary/aromatic N) is 1. The summed E-state index contributed by atoms with van der Waals surface area (Å²) in [6.45, 7) is 6.15. The molecule has 0 radical (unpaired) electrons. The van der Waals surface area contributed by atoms with E-state index >= 15 is 0 Å². The standard InChI is InChI=1S/C11H14ClFN2/c1-3-10(14-6-8(2)12)11-5-4-9(13)7-15-11/h4-5,7,10,14H,2-3,6H2,1H3. The van der Waals surface area contributed by atoms with Crippen LogP contribution in [0.25, 0.3) is 0 Å². The Hall–Kier alpha value is -0.930. The van der Waals surface area contributed by atoms with E-state index in [1.807, 2.05) is 6.92 Å². The summed E-state index contributed by atoms with van der Waals surface area (Å²) in [5.41, 5.74) is 0.816. The quantitative estimate of drug-likeness (QED) is 0.838. The Bertz CT molecular complexity index is 324. The maximum atomic E-state index is 12.6. The van der Waals surface area contributed by atoms with Crippen LogP contribution in [0.4, 0.5) is 4.39 Å². The molecular weight excluding hydrogens is 215 g/mol. The second kappa shape index (κ2) is 5.83. The lowest BCUT2D eigenvalue weighted by atomic mass is 10.1. The molecule has 0 fully saturated rings. The van der Waals surface area contributed by atoms with E-state index in [1.54, 1.807) is 6.07 Å². The first-order valence-electron chi connectivity index (χ1n) is 4.81. The van der Waals surface area contributed by atoms with Gasteiger partial charge >= 0.3 is 0 Å². The fraction of sp³-hybridized carbons (Fsp3) is 0.364. The van der Waals surface area contributed by atoms with Crippen LogP contribution in [0.3, 0.4) is 0 Å². The van der Waals surface area contributed by atoms with Crippen molar-refractivity contribution in [2.24, 2.45) is 0 Å². The minimum absolute atomic E-state index is 0.0844. The average Bonchev–Trinajstić information content (AvgIpc) is 2.21. The Morgan fingerprint density at radius 1 is 1.67 bits per heavy atom. The van der Waals surface area contributed by atoms with Crippen molar-refractivity contribution in [2.75, 3.05) is 6.54 Å². The predicted molar refractivity (Wildman–Crippen MR) is 60.2 cm³/mol. The van der Waals surface area contributed by atoms with Crippen LogP contribution in [-0.2, 0) is 0 Å². The molecule has 1 heterocycles. The molecule has 15 heavy (non-hydrogen) atoms. The Morgan fingerprint density at radius 3 is 2.87 bits per heavy atom. The van der Waals surface area contributed by atoms with Crippen LogP contribution < -0.4 is 5.32 Å². The van der Waals surface area contributed by atoms with E-state index in [0.717, 1.165) is 12.1 Å². The SMILES string of the molecule is C=C(Cl)CNC(CC)c1ccc(F)cn1. The van der Waals surface area contributed by atoms with Crippen LogP contribution in [0, 0.1) is 5.82 Å². The maximum absolute atomic E-state index is 12.6. The third-order valence-corrected chi connectivity index (χ3v) is 2.19. The fourth-order valence-corrected chi connectivity index (χ4v) is 1.36. The molecule has 0 aliphatic carbocycles. The van der Waals surface area contributed by atoms with E-state index in [4.69, 9.17) is 11.6 Å². The molecule has 4 heteroatoms. The molecule has 0 aliphatic heterocycles. The number of pyridine rings is 1. The van der Waals surface area contributed by atoms with E-state index in [9.17, 15) is 4.39 Å². The molecule has 1 unspecified atom stereocenters. The third kappa shape index (κ3) is 3.98. The highest BCUT2D eigenvalue weighted by atomic mass is 35.5. The zero-order valence-corrected chi connectivity index (χ0v) is 9.39. The van der Waals surface area contributed by atoms with Gasteiger partial charge in [0.15, 0.2) is 0 Å². The first-order chi connectivity index (χ1) is 7.13. The van der Waals surface area contributed by atoms with Gasteiger partial charge in [-0.25, -0.2) is 4.39 Å². The number of aromatic nitrogens is 1. The zero-order chi connectivity index (χ0) is 11.3. The Balaban J connectivity index is 2.65. The monoisotopic (exact) mass is 228 g/mol. The maximum Gasteiger partial charge on any atom is 0.141 e. The third-order valence-electron chi connectivity index (χ3n) is 2.06. The van der Waals surface area contributed by atoms with Crippen LogP contribution in [0.1, 0.15) is 25.1 Å². The van der Waals surface area contributed by atoms with Crippen molar-refractivity contribution in [3.05, 3.63) is 41.5 Å². The molecule has 1 atom stereocenters. The molecule has 1 rings (SSSR count). The molecule has 1 aromatic heterocycles. The first-order valence-corrected chi connectivity index (χ1v) is 5.19. The van der Waals surface area contributed by atoms with Gasteiger partial charge in [0, 0.05) is 17.6 Å². The molecule has 0 spiro atoms. The molecule has 1 aromatic rings. The van der Waals surface area contributed by atoms with Crippen molar-refractivity contribution < 1.29 is 4.39 Å². The number of hydrogen-bond donors (Lipinski definition) is 1. The van der Waals surface area contributed by atoms with Gasteiger partial charge in [0.05, 0.1) is 11.9 Å². The Kier molecular flexibility index (Phi) is 4.72. The van der Waals surface area contributed by atoms with Crippen molar-refractivity contribution in [1.82, 2.24) is 10.3 Å². The van der Waals surface area contributed by atoms with Crippen LogP contribution >= 0.6 is 11.6 Å². The molecule has 2 nitrogen and oxygen atoms in total. The van der Waals surface area contributed by atoms with Crippen LogP contribution in [0.15, 0.2) is 29.9 Å². The fourth-order valence-electron chi connectivity index (χ4n) is 1.29. The predicted octanol–water partition coefficient (Wildman–Crippen LogP) is 3.01. The van der Waals surface area contributed by atoms with Crippen LogP contribution in [-0.4, -0.2) is 11.5 Å². The molecule has 82 valence electrons. The first kappa shape index (κ1) is 12.1. The largest absolute Gasteiger partial charge is 0.304 e. The van der Waals surface area contributed by atoms with Crippen molar-refractivity contribution in [2.45, 2.75) is 19.4 Å². The summed E-state index contributed by atoms with van der Waals surface area (Å²) in [5.74, 6) is -0.324. The molecule has 0 aliphatic rings. The van der Waals surface area contributed by atoms with E-state index in [0.29, 0.717) is 11.6 Å². The van der Waals surface area contributed by atoms with Gasteiger partial charge in [0.25, 0.3) is 0 Å². The Morgan fingerprint density at radius 2 is 2.40 bits per heavy atom.